The van der Waals surface area contributed by atoms with Gasteiger partial charge in [-0.3, -0.25) is 4.90 Å². The summed E-state index contributed by atoms with van der Waals surface area (Å²) < 4.78 is 5.75. The van der Waals surface area contributed by atoms with E-state index in [1.165, 1.54) is 45.1 Å². The van der Waals surface area contributed by atoms with Crippen LogP contribution < -0.4 is 5.32 Å². The number of likely N-dealkylation sites (N-methyl/N-ethyl adjacent to an activating group) is 1. The Morgan fingerprint density at radius 2 is 2.17 bits per heavy atom. The van der Waals surface area contributed by atoms with Crippen LogP contribution in [0.4, 0.5) is 0 Å². The van der Waals surface area contributed by atoms with Crippen molar-refractivity contribution in [1.29, 1.82) is 0 Å². The van der Waals surface area contributed by atoms with E-state index in [1.807, 2.05) is 0 Å². The number of rotatable bonds is 9. The van der Waals surface area contributed by atoms with Crippen molar-refractivity contribution < 1.29 is 4.74 Å². The molecule has 1 saturated carbocycles. The van der Waals surface area contributed by atoms with Crippen LogP contribution in [-0.2, 0) is 4.74 Å². The summed E-state index contributed by atoms with van der Waals surface area (Å²) in [5.41, 5.74) is 0. The number of nitrogens with zero attached hydrogens (tertiary/aromatic N) is 1. The van der Waals surface area contributed by atoms with Crippen LogP contribution >= 0.6 is 0 Å². The maximum Gasteiger partial charge on any atom is 0.0702 e. The quantitative estimate of drug-likeness (QED) is 0.640. The summed E-state index contributed by atoms with van der Waals surface area (Å²) in [4.78, 5) is 2.59. The van der Waals surface area contributed by atoms with E-state index in [2.05, 4.69) is 24.1 Å². The fourth-order valence-electron chi connectivity index (χ4n) is 2.84. The first-order chi connectivity index (χ1) is 8.79. The standard InChI is InChI=1S/C15H30N2O/c1-3-17(12-15-7-5-11-18-15)13(2)6-4-10-16-14-8-9-14/h13-16H,3-12H2,1-2H3. The third-order valence-electron chi connectivity index (χ3n) is 4.30. The molecule has 3 nitrogen and oxygen atoms in total. The fourth-order valence-corrected chi connectivity index (χ4v) is 2.84. The summed E-state index contributed by atoms with van der Waals surface area (Å²) in [5, 5.41) is 3.60. The molecule has 0 amide bonds. The van der Waals surface area contributed by atoms with Gasteiger partial charge in [-0.15, -0.1) is 0 Å². The first-order valence-corrected chi connectivity index (χ1v) is 7.88. The lowest BCUT2D eigenvalue weighted by molar-refractivity contribution is 0.0602. The largest absolute Gasteiger partial charge is 0.377 e. The summed E-state index contributed by atoms with van der Waals surface area (Å²) in [7, 11) is 0. The molecule has 2 atom stereocenters. The maximum atomic E-state index is 5.75. The average Bonchev–Trinajstić information content (AvgIpc) is 3.06. The summed E-state index contributed by atoms with van der Waals surface area (Å²) in [5.74, 6) is 0. The normalized spacial score (nSPS) is 25.8. The lowest BCUT2D eigenvalue weighted by atomic mass is 10.1. The van der Waals surface area contributed by atoms with Crippen molar-refractivity contribution in [3.8, 4) is 0 Å². The lowest BCUT2D eigenvalue weighted by Crippen LogP contribution is -2.39. The minimum absolute atomic E-state index is 0.497. The zero-order valence-corrected chi connectivity index (χ0v) is 12.2. The molecule has 2 rings (SSSR count). The molecule has 2 aliphatic rings. The molecule has 1 heterocycles. The van der Waals surface area contributed by atoms with Crippen molar-refractivity contribution >= 4 is 0 Å². The Balaban J connectivity index is 1.58. The molecule has 3 heteroatoms. The van der Waals surface area contributed by atoms with Crippen molar-refractivity contribution in [3.63, 3.8) is 0 Å². The third-order valence-corrected chi connectivity index (χ3v) is 4.30. The topological polar surface area (TPSA) is 24.5 Å². The molecule has 1 N–H and O–H groups in total. The highest BCUT2D eigenvalue weighted by Crippen LogP contribution is 2.19. The second-order valence-electron chi connectivity index (χ2n) is 5.94. The minimum Gasteiger partial charge on any atom is -0.377 e. The van der Waals surface area contributed by atoms with E-state index in [0.717, 1.165) is 25.7 Å². The van der Waals surface area contributed by atoms with Gasteiger partial charge < -0.3 is 10.1 Å². The molecule has 1 aliphatic heterocycles. The molecule has 2 unspecified atom stereocenters. The Morgan fingerprint density at radius 3 is 2.78 bits per heavy atom. The number of nitrogens with one attached hydrogen (secondary N) is 1. The molecular weight excluding hydrogens is 224 g/mol. The Kier molecular flexibility index (Phi) is 5.93. The monoisotopic (exact) mass is 254 g/mol. The highest BCUT2D eigenvalue weighted by Gasteiger charge is 2.22. The SMILES string of the molecule is CCN(CC1CCCO1)C(C)CCCNC1CC1. The zero-order chi connectivity index (χ0) is 12.8. The van der Waals surface area contributed by atoms with Crippen molar-refractivity contribution in [1.82, 2.24) is 10.2 Å². The molecule has 106 valence electrons. The molecular formula is C15H30N2O. The van der Waals surface area contributed by atoms with Crippen molar-refractivity contribution in [2.45, 2.75) is 70.6 Å². The van der Waals surface area contributed by atoms with Gasteiger partial charge in [0, 0.05) is 25.2 Å². The number of ether oxygens (including phenoxy) is 1. The Hall–Kier alpha value is -0.120. The second kappa shape index (κ2) is 7.46. The van der Waals surface area contributed by atoms with Crippen molar-refractivity contribution in [2.75, 3.05) is 26.2 Å². The van der Waals surface area contributed by atoms with Crippen LogP contribution in [0.25, 0.3) is 0 Å². The van der Waals surface area contributed by atoms with Gasteiger partial charge in [0.2, 0.25) is 0 Å². The summed E-state index contributed by atoms with van der Waals surface area (Å²) in [6.07, 6.45) is 8.41. The van der Waals surface area contributed by atoms with Crippen LogP contribution in [0.15, 0.2) is 0 Å². The number of hydrogen-bond donors (Lipinski definition) is 1. The molecule has 1 aliphatic carbocycles. The molecule has 0 aromatic heterocycles. The molecule has 2 fully saturated rings. The van der Waals surface area contributed by atoms with Crippen LogP contribution in [0.1, 0.15) is 52.4 Å². The predicted molar refractivity (Wildman–Crippen MR) is 75.9 cm³/mol. The number of hydrogen-bond acceptors (Lipinski definition) is 3. The lowest BCUT2D eigenvalue weighted by Gasteiger charge is -2.30. The van der Waals surface area contributed by atoms with E-state index in [1.54, 1.807) is 0 Å². The van der Waals surface area contributed by atoms with Gasteiger partial charge in [0.1, 0.15) is 0 Å². The van der Waals surface area contributed by atoms with Gasteiger partial charge in [-0.05, 0) is 58.5 Å². The Labute approximate surface area is 112 Å². The molecule has 0 spiro atoms. The van der Waals surface area contributed by atoms with Crippen LogP contribution in [0, 0.1) is 0 Å². The molecule has 0 radical (unpaired) electrons. The van der Waals surface area contributed by atoms with E-state index >= 15 is 0 Å². The van der Waals surface area contributed by atoms with Crippen LogP contribution in [0.5, 0.6) is 0 Å². The molecule has 18 heavy (non-hydrogen) atoms. The zero-order valence-electron chi connectivity index (χ0n) is 12.2. The molecule has 0 aromatic rings. The van der Waals surface area contributed by atoms with Gasteiger partial charge in [-0.25, -0.2) is 0 Å². The van der Waals surface area contributed by atoms with Crippen LogP contribution in [0.2, 0.25) is 0 Å². The third kappa shape index (κ3) is 4.87. The Morgan fingerprint density at radius 1 is 1.33 bits per heavy atom. The summed E-state index contributed by atoms with van der Waals surface area (Å²) in [6.45, 7) is 9.10. The Bertz CT molecular complexity index is 225. The van der Waals surface area contributed by atoms with Crippen molar-refractivity contribution in [3.05, 3.63) is 0 Å². The van der Waals surface area contributed by atoms with E-state index < -0.39 is 0 Å². The smallest absolute Gasteiger partial charge is 0.0702 e. The van der Waals surface area contributed by atoms with Gasteiger partial charge in [0.05, 0.1) is 6.10 Å². The molecule has 0 bridgehead atoms. The van der Waals surface area contributed by atoms with Gasteiger partial charge in [-0.2, -0.15) is 0 Å². The van der Waals surface area contributed by atoms with Gasteiger partial charge in [0.15, 0.2) is 0 Å². The fraction of sp³-hybridized carbons (Fsp3) is 1.00. The van der Waals surface area contributed by atoms with E-state index in [0.29, 0.717) is 12.1 Å². The van der Waals surface area contributed by atoms with Crippen LogP contribution in [0.3, 0.4) is 0 Å². The van der Waals surface area contributed by atoms with Gasteiger partial charge in [-0.1, -0.05) is 6.92 Å². The minimum atomic E-state index is 0.497. The molecule has 0 aromatic carbocycles. The van der Waals surface area contributed by atoms with Gasteiger partial charge in [0.25, 0.3) is 0 Å². The van der Waals surface area contributed by atoms with Gasteiger partial charge >= 0.3 is 0 Å². The van der Waals surface area contributed by atoms with E-state index in [9.17, 15) is 0 Å². The summed E-state index contributed by atoms with van der Waals surface area (Å²) in [6, 6.07) is 1.55. The predicted octanol–water partition coefficient (Wildman–Crippen LogP) is 2.41. The van der Waals surface area contributed by atoms with E-state index in [4.69, 9.17) is 4.74 Å². The van der Waals surface area contributed by atoms with E-state index in [-0.39, 0.29) is 0 Å². The highest BCUT2D eigenvalue weighted by atomic mass is 16.5. The first kappa shape index (κ1) is 14.3. The first-order valence-electron chi connectivity index (χ1n) is 7.88. The summed E-state index contributed by atoms with van der Waals surface area (Å²) >= 11 is 0. The average molecular weight is 254 g/mol. The molecule has 1 saturated heterocycles. The maximum absolute atomic E-state index is 5.75. The second-order valence-corrected chi connectivity index (χ2v) is 5.94. The highest BCUT2D eigenvalue weighted by molar-refractivity contribution is 4.81. The van der Waals surface area contributed by atoms with Crippen LogP contribution in [-0.4, -0.2) is 49.3 Å². The van der Waals surface area contributed by atoms with Crippen molar-refractivity contribution in [2.24, 2.45) is 0 Å².